The molecule has 2 fully saturated rings. The second-order valence-electron chi connectivity index (χ2n) is 8.13. The molecular formula is C22H36O6. The molecule has 0 amide bonds. The Labute approximate surface area is 168 Å². The largest absolute Gasteiger partial charge is 0.478 e. The third-order valence-corrected chi connectivity index (χ3v) is 5.65. The molecule has 0 aromatic rings. The minimum Gasteiger partial charge on any atom is -0.478 e. The number of ether oxygens (including phenoxy) is 1. The monoisotopic (exact) mass is 396 g/mol. The molecule has 2 aliphatic rings. The van der Waals surface area contributed by atoms with Gasteiger partial charge in [-0.15, -0.1) is 0 Å². The maximum atomic E-state index is 11.2. The number of aliphatic carboxylic acids is 1. The minimum atomic E-state index is -0.825. The predicted octanol–water partition coefficient (Wildman–Crippen LogP) is 3.47. The lowest BCUT2D eigenvalue weighted by Crippen LogP contribution is -2.25. The van der Waals surface area contributed by atoms with Gasteiger partial charge in [-0.25, -0.2) is 9.59 Å². The summed E-state index contributed by atoms with van der Waals surface area (Å²) in [5.74, 6) is 0.111. The van der Waals surface area contributed by atoms with Crippen LogP contribution in [0.1, 0.15) is 65.2 Å². The van der Waals surface area contributed by atoms with Crippen LogP contribution in [0.25, 0.3) is 0 Å². The zero-order valence-electron chi connectivity index (χ0n) is 17.2. The lowest BCUT2D eigenvalue weighted by atomic mass is 9.82. The van der Waals surface area contributed by atoms with E-state index in [-0.39, 0.29) is 25.3 Å². The van der Waals surface area contributed by atoms with Crippen molar-refractivity contribution < 1.29 is 29.6 Å². The smallest absolute Gasteiger partial charge is 0.333 e. The average Bonchev–Trinajstić information content (AvgIpc) is 2.69. The van der Waals surface area contributed by atoms with E-state index in [1.165, 1.54) is 0 Å². The number of hydrogen-bond donors (Lipinski definition) is 3. The summed E-state index contributed by atoms with van der Waals surface area (Å²) in [5.41, 5.74) is 0.895. The van der Waals surface area contributed by atoms with Crippen molar-refractivity contribution in [2.45, 2.75) is 71.3 Å². The molecule has 6 heteroatoms. The van der Waals surface area contributed by atoms with Gasteiger partial charge in [0.15, 0.2) is 0 Å². The van der Waals surface area contributed by atoms with Gasteiger partial charge in [-0.3, -0.25) is 0 Å². The van der Waals surface area contributed by atoms with Gasteiger partial charge in [0.2, 0.25) is 0 Å². The number of esters is 1. The summed E-state index contributed by atoms with van der Waals surface area (Å²) in [7, 11) is 0. The van der Waals surface area contributed by atoms with E-state index in [0.717, 1.165) is 51.4 Å². The van der Waals surface area contributed by atoms with Crippen molar-refractivity contribution in [1.29, 1.82) is 0 Å². The fraction of sp³-hybridized carbons (Fsp3) is 0.727. The van der Waals surface area contributed by atoms with Crippen LogP contribution in [-0.4, -0.2) is 46.6 Å². The van der Waals surface area contributed by atoms with Gasteiger partial charge in [-0.2, -0.15) is 0 Å². The molecule has 0 bridgehead atoms. The Morgan fingerprint density at radius 3 is 1.79 bits per heavy atom. The topological polar surface area (TPSA) is 104 Å². The van der Waals surface area contributed by atoms with Crippen LogP contribution >= 0.6 is 0 Å². The molecule has 0 aromatic heterocycles. The highest BCUT2D eigenvalue weighted by molar-refractivity contribution is 5.87. The Bertz CT molecular complexity index is 537. The average molecular weight is 397 g/mol. The summed E-state index contributed by atoms with van der Waals surface area (Å²) in [4.78, 5) is 21.8. The molecule has 0 spiro atoms. The van der Waals surface area contributed by atoms with Crippen LogP contribution < -0.4 is 0 Å². The summed E-state index contributed by atoms with van der Waals surface area (Å²) in [6.45, 7) is 7.35. The first-order valence-electron chi connectivity index (χ1n) is 10.3. The first-order valence-corrected chi connectivity index (χ1v) is 10.3. The Hall–Kier alpha value is -1.66. The molecule has 0 unspecified atom stereocenters. The zero-order valence-corrected chi connectivity index (χ0v) is 17.2. The second kappa shape index (κ2) is 12.7. The number of rotatable bonds is 6. The molecule has 2 aliphatic carbocycles. The molecular weight excluding hydrogens is 360 g/mol. The van der Waals surface area contributed by atoms with Crippen molar-refractivity contribution in [2.24, 2.45) is 17.8 Å². The predicted molar refractivity (Wildman–Crippen MR) is 108 cm³/mol. The first-order chi connectivity index (χ1) is 13.3. The van der Waals surface area contributed by atoms with E-state index in [9.17, 15) is 9.59 Å². The Morgan fingerprint density at radius 2 is 1.39 bits per heavy atom. The normalized spacial score (nSPS) is 27.9. The van der Waals surface area contributed by atoms with Crippen LogP contribution in [0.15, 0.2) is 23.8 Å². The van der Waals surface area contributed by atoms with Crippen molar-refractivity contribution in [3.8, 4) is 0 Å². The number of hydrogen-bond acceptors (Lipinski definition) is 5. The highest BCUT2D eigenvalue weighted by atomic mass is 16.5. The number of carbonyl (C=O) groups is 2. The molecule has 3 N–H and O–H groups in total. The van der Waals surface area contributed by atoms with E-state index in [2.05, 4.69) is 6.58 Å². The maximum absolute atomic E-state index is 11.2. The number of carboxylic acid groups (broad SMARTS) is 1. The highest BCUT2D eigenvalue weighted by Crippen LogP contribution is 2.30. The van der Waals surface area contributed by atoms with Crippen molar-refractivity contribution in [3.05, 3.63) is 23.8 Å². The highest BCUT2D eigenvalue weighted by Gasteiger charge is 2.23. The van der Waals surface area contributed by atoms with Crippen molar-refractivity contribution >= 4 is 11.9 Å². The minimum absolute atomic E-state index is 0.0296. The SMILES string of the molecule is C=C(C)C(=O)OC1CCC(CO)CC1.CC(=CC1CCC(CO)CC1)C(=O)O. The second-order valence-corrected chi connectivity index (χ2v) is 8.13. The molecule has 0 heterocycles. The van der Waals surface area contributed by atoms with Crippen LogP contribution in [0.5, 0.6) is 0 Å². The van der Waals surface area contributed by atoms with Crippen molar-refractivity contribution in [3.63, 3.8) is 0 Å². The summed E-state index contributed by atoms with van der Waals surface area (Å²) in [6.07, 6.45) is 9.57. The van der Waals surface area contributed by atoms with Gasteiger partial charge in [0.1, 0.15) is 6.10 Å². The van der Waals surface area contributed by atoms with Crippen molar-refractivity contribution in [1.82, 2.24) is 0 Å². The van der Waals surface area contributed by atoms with E-state index in [4.69, 9.17) is 20.1 Å². The van der Waals surface area contributed by atoms with Crippen LogP contribution in [0, 0.1) is 17.8 Å². The van der Waals surface area contributed by atoms with Crippen molar-refractivity contribution in [2.75, 3.05) is 13.2 Å². The zero-order chi connectivity index (χ0) is 21.1. The van der Waals surface area contributed by atoms with Gasteiger partial charge in [-0.1, -0.05) is 12.7 Å². The van der Waals surface area contributed by atoms with E-state index in [0.29, 0.717) is 28.9 Å². The molecule has 0 atom stereocenters. The molecule has 0 radical (unpaired) electrons. The fourth-order valence-corrected chi connectivity index (χ4v) is 3.65. The number of carboxylic acids is 1. The molecule has 2 rings (SSSR count). The Balaban J connectivity index is 0.000000280. The van der Waals surface area contributed by atoms with Crippen LogP contribution in [-0.2, 0) is 14.3 Å². The first kappa shape index (κ1) is 24.4. The summed E-state index contributed by atoms with van der Waals surface area (Å²) in [6, 6.07) is 0. The van der Waals surface area contributed by atoms with Crippen LogP contribution in [0.3, 0.4) is 0 Å². The van der Waals surface area contributed by atoms with E-state index >= 15 is 0 Å². The van der Waals surface area contributed by atoms with Gasteiger partial charge >= 0.3 is 11.9 Å². The van der Waals surface area contributed by atoms with Gasteiger partial charge in [0.05, 0.1) is 0 Å². The van der Waals surface area contributed by atoms with Gasteiger partial charge < -0.3 is 20.1 Å². The molecule has 6 nitrogen and oxygen atoms in total. The third-order valence-electron chi connectivity index (χ3n) is 5.65. The van der Waals surface area contributed by atoms with E-state index in [1.807, 2.05) is 6.08 Å². The molecule has 2 saturated carbocycles. The summed E-state index contributed by atoms with van der Waals surface area (Å²) in [5, 5.41) is 26.6. The maximum Gasteiger partial charge on any atom is 0.333 e. The standard InChI is InChI=1S/2C11H18O3/c1-8(2)11(13)14-10-5-3-9(7-12)4-6-10;1-8(11(13)14)6-9-2-4-10(7-12)5-3-9/h9-10,12H,1,3-7H2,2H3;6,9-10,12H,2-5,7H2,1H3,(H,13,14). The number of carbonyl (C=O) groups excluding carboxylic acids is 1. The molecule has 0 aliphatic heterocycles. The van der Waals surface area contributed by atoms with Crippen LogP contribution in [0.2, 0.25) is 0 Å². The van der Waals surface area contributed by atoms with E-state index < -0.39 is 5.97 Å². The van der Waals surface area contributed by atoms with Crippen LogP contribution in [0.4, 0.5) is 0 Å². The van der Waals surface area contributed by atoms with Gasteiger partial charge in [-0.05, 0) is 83.0 Å². The van der Waals surface area contributed by atoms with E-state index in [1.54, 1.807) is 13.8 Å². The number of allylic oxidation sites excluding steroid dienone is 1. The van der Waals surface area contributed by atoms with Gasteiger partial charge in [0.25, 0.3) is 0 Å². The molecule has 0 saturated heterocycles. The van der Waals surface area contributed by atoms with Gasteiger partial charge in [0, 0.05) is 24.4 Å². The lowest BCUT2D eigenvalue weighted by molar-refractivity contribution is -0.146. The lowest BCUT2D eigenvalue weighted by Gasteiger charge is -2.27. The quantitative estimate of drug-likeness (QED) is 0.469. The number of aliphatic hydroxyl groups is 2. The summed E-state index contributed by atoms with van der Waals surface area (Å²) < 4.78 is 5.23. The third kappa shape index (κ3) is 9.02. The summed E-state index contributed by atoms with van der Waals surface area (Å²) >= 11 is 0. The molecule has 28 heavy (non-hydrogen) atoms. The number of aliphatic hydroxyl groups excluding tert-OH is 2. The Morgan fingerprint density at radius 1 is 0.929 bits per heavy atom. The molecule has 160 valence electrons. The fourth-order valence-electron chi connectivity index (χ4n) is 3.65. The Kier molecular flexibility index (Phi) is 11.1. The molecule has 0 aromatic carbocycles.